The molecule has 0 saturated heterocycles. The van der Waals surface area contributed by atoms with E-state index in [-0.39, 0.29) is 18.0 Å². The van der Waals surface area contributed by atoms with Crippen LogP contribution in [0.25, 0.3) is 0 Å². The molecular weight excluding hydrogens is 232 g/mol. The van der Waals surface area contributed by atoms with Gasteiger partial charge >= 0.3 is 5.97 Å². The first-order valence-corrected chi connectivity index (χ1v) is 5.93. The zero-order valence-electron chi connectivity index (χ0n) is 10.4. The molecular formula is C13H18N2O3. The first-order valence-electron chi connectivity index (χ1n) is 5.93. The number of benzene rings is 1. The Morgan fingerprint density at radius 1 is 1.22 bits per heavy atom. The Hall–Kier alpha value is -1.88. The van der Waals surface area contributed by atoms with Crippen molar-refractivity contribution in [3.05, 3.63) is 35.4 Å². The molecule has 0 fully saturated rings. The second-order valence-corrected chi connectivity index (χ2v) is 3.96. The molecule has 0 aliphatic rings. The van der Waals surface area contributed by atoms with Crippen LogP contribution in [0.5, 0.6) is 0 Å². The minimum Gasteiger partial charge on any atom is -0.478 e. The average Bonchev–Trinajstić information content (AvgIpc) is 2.37. The predicted octanol–water partition coefficient (Wildman–Crippen LogP) is 1.00. The minimum absolute atomic E-state index is 0.0287. The Bertz CT molecular complexity index is 401. The highest BCUT2D eigenvalue weighted by Gasteiger charge is 2.02. The molecule has 0 saturated carbocycles. The van der Waals surface area contributed by atoms with Crippen molar-refractivity contribution in [3.8, 4) is 0 Å². The van der Waals surface area contributed by atoms with Crippen LogP contribution < -0.4 is 10.6 Å². The molecule has 5 nitrogen and oxygen atoms in total. The van der Waals surface area contributed by atoms with Gasteiger partial charge in [0.05, 0.1) is 12.1 Å². The van der Waals surface area contributed by atoms with Crippen LogP contribution in [0.15, 0.2) is 24.3 Å². The van der Waals surface area contributed by atoms with Crippen LogP contribution in [0.3, 0.4) is 0 Å². The quantitative estimate of drug-likeness (QED) is 0.674. The molecule has 0 aliphatic heterocycles. The van der Waals surface area contributed by atoms with Gasteiger partial charge in [0, 0.05) is 13.1 Å². The molecule has 1 aromatic carbocycles. The summed E-state index contributed by atoms with van der Waals surface area (Å²) >= 11 is 0. The van der Waals surface area contributed by atoms with E-state index in [4.69, 9.17) is 5.11 Å². The fourth-order valence-electron chi connectivity index (χ4n) is 1.41. The highest BCUT2D eigenvalue weighted by Crippen LogP contribution is 2.03. The summed E-state index contributed by atoms with van der Waals surface area (Å²) < 4.78 is 0. The van der Waals surface area contributed by atoms with Gasteiger partial charge in [-0.1, -0.05) is 19.1 Å². The molecule has 98 valence electrons. The SMILES string of the molecule is CCCNC(=O)CNCc1ccc(C(=O)O)cc1. The Balaban J connectivity index is 2.31. The van der Waals surface area contributed by atoms with Crippen molar-refractivity contribution in [2.24, 2.45) is 0 Å². The Kier molecular flexibility index (Phi) is 5.87. The normalized spacial score (nSPS) is 10.1. The largest absolute Gasteiger partial charge is 0.478 e. The summed E-state index contributed by atoms with van der Waals surface area (Å²) in [6, 6.07) is 6.58. The van der Waals surface area contributed by atoms with E-state index >= 15 is 0 Å². The molecule has 5 heteroatoms. The predicted molar refractivity (Wildman–Crippen MR) is 68.4 cm³/mol. The van der Waals surface area contributed by atoms with Gasteiger partial charge in [-0.05, 0) is 24.1 Å². The van der Waals surface area contributed by atoms with Gasteiger partial charge in [0.25, 0.3) is 0 Å². The van der Waals surface area contributed by atoms with Gasteiger partial charge in [-0.15, -0.1) is 0 Å². The third kappa shape index (κ3) is 4.97. The molecule has 18 heavy (non-hydrogen) atoms. The number of carboxylic acid groups (broad SMARTS) is 1. The summed E-state index contributed by atoms with van der Waals surface area (Å²) in [5.41, 5.74) is 1.21. The monoisotopic (exact) mass is 250 g/mol. The average molecular weight is 250 g/mol. The molecule has 1 rings (SSSR count). The van der Waals surface area contributed by atoms with E-state index in [0.29, 0.717) is 13.1 Å². The molecule has 0 spiro atoms. The maximum Gasteiger partial charge on any atom is 0.335 e. The summed E-state index contributed by atoms with van der Waals surface area (Å²) in [5, 5.41) is 14.5. The molecule has 3 N–H and O–H groups in total. The number of hydrogen-bond donors (Lipinski definition) is 3. The van der Waals surface area contributed by atoms with Crippen molar-refractivity contribution in [2.75, 3.05) is 13.1 Å². The zero-order chi connectivity index (χ0) is 13.4. The molecule has 0 unspecified atom stereocenters. The van der Waals surface area contributed by atoms with Crippen LogP contribution in [0.1, 0.15) is 29.3 Å². The van der Waals surface area contributed by atoms with Crippen LogP contribution in [0.2, 0.25) is 0 Å². The Morgan fingerprint density at radius 2 is 1.89 bits per heavy atom. The van der Waals surface area contributed by atoms with Gasteiger partial charge in [0.15, 0.2) is 0 Å². The Labute approximate surface area is 106 Å². The van der Waals surface area contributed by atoms with Gasteiger partial charge in [0.1, 0.15) is 0 Å². The fraction of sp³-hybridized carbons (Fsp3) is 0.385. The second kappa shape index (κ2) is 7.45. The van der Waals surface area contributed by atoms with E-state index in [9.17, 15) is 9.59 Å². The maximum atomic E-state index is 11.3. The van der Waals surface area contributed by atoms with E-state index in [1.54, 1.807) is 24.3 Å². The number of rotatable bonds is 7. The molecule has 0 bridgehead atoms. The maximum absolute atomic E-state index is 11.3. The standard InChI is InChI=1S/C13H18N2O3/c1-2-7-15-12(16)9-14-8-10-3-5-11(6-4-10)13(17)18/h3-6,14H,2,7-9H2,1H3,(H,15,16)(H,17,18). The third-order valence-corrected chi connectivity index (χ3v) is 2.39. The van der Waals surface area contributed by atoms with Crippen molar-refractivity contribution in [2.45, 2.75) is 19.9 Å². The van der Waals surface area contributed by atoms with Gasteiger partial charge < -0.3 is 15.7 Å². The van der Waals surface area contributed by atoms with Crippen molar-refractivity contribution < 1.29 is 14.7 Å². The molecule has 0 aliphatic carbocycles. The summed E-state index contributed by atoms with van der Waals surface area (Å²) in [4.78, 5) is 21.9. The van der Waals surface area contributed by atoms with E-state index in [2.05, 4.69) is 10.6 Å². The third-order valence-electron chi connectivity index (χ3n) is 2.39. The van der Waals surface area contributed by atoms with Crippen LogP contribution >= 0.6 is 0 Å². The summed E-state index contributed by atoms with van der Waals surface area (Å²) in [5.74, 6) is -0.965. The number of aromatic carboxylic acids is 1. The van der Waals surface area contributed by atoms with Gasteiger partial charge in [0.2, 0.25) is 5.91 Å². The number of nitrogens with one attached hydrogen (secondary N) is 2. The summed E-state index contributed by atoms with van der Waals surface area (Å²) in [7, 11) is 0. The van der Waals surface area contributed by atoms with E-state index < -0.39 is 5.97 Å². The molecule has 0 radical (unpaired) electrons. The fourth-order valence-corrected chi connectivity index (χ4v) is 1.41. The van der Waals surface area contributed by atoms with Crippen LogP contribution in [-0.4, -0.2) is 30.1 Å². The van der Waals surface area contributed by atoms with E-state index in [1.807, 2.05) is 6.92 Å². The molecule has 0 aromatic heterocycles. The van der Waals surface area contributed by atoms with E-state index in [1.165, 1.54) is 0 Å². The van der Waals surface area contributed by atoms with Crippen molar-refractivity contribution in [3.63, 3.8) is 0 Å². The molecule has 0 atom stereocenters. The van der Waals surface area contributed by atoms with Crippen LogP contribution in [0.4, 0.5) is 0 Å². The number of carboxylic acids is 1. The number of amides is 1. The minimum atomic E-state index is -0.937. The lowest BCUT2D eigenvalue weighted by molar-refractivity contribution is -0.120. The summed E-state index contributed by atoms with van der Waals surface area (Å²) in [6.45, 7) is 3.49. The first kappa shape index (κ1) is 14.2. The van der Waals surface area contributed by atoms with Crippen molar-refractivity contribution in [1.29, 1.82) is 0 Å². The Morgan fingerprint density at radius 3 is 2.44 bits per heavy atom. The first-order chi connectivity index (χ1) is 8.63. The smallest absolute Gasteiger partial charge is 0.335 e. The topological polar surface area (TPSA) is 78.4 Å². The lowest BCUT2D eigenvalue weighted by Crippen LogP contribution is -2.33. The van der Waals surface area contributed by atoms with Gasteiger partial charge in [-0.3, -0.25) is 4.79 Å². The molecule has 1 aromatic rings. The highest BCUT2D eigenvalue weighted by atomic mass is 16.4. The van der Waals surface area contributed by atoms with Gasteiger partial charge in [-0.2, -0.15) is 0 Å². The second-order valence-electron chi connectivity index (χ2n) is 3.96. The van der Waals surface area contributed by atoms with Crippen LogP contribution in [-0.2, 0) is 11.3 Å². The molecule has 0 heterocycles. The number of carbonyl (C=O) groups excluding carboxylic acids is 1. The van der Waals surface area contributed by atoms with Crippen molar-refractivity contribution >= 4 is 11.9 Å². The van der Waals surface area contributed by atoms with Gasteiger partial charge in [-0.25, -0.2) is 4.79 Å². The molecule has 1 amide bonds. The summed E-state index contributed by atoms with van der Waals surface area (Å²) in [6.07, 6.45) is 0.919. The lowest BCUT2D eigenvalue weighted by atomic mass is 10.1. The number of carbonyl (C=O) groups is 2. The lowest BCUT2D eigenvalue weighted by Gasteiger charge is -2.06. The van der Waals surface area contributed by atoms with Crippen molar-refractivity contribution in [1.82, 2.24) is 10.6 Å². The zero-order valence-corrected chi connectivity index (χ0v) is 10.4. The van der Waals surface area contributed by atoms with Crippen LogP contribution in [0, 0.1) is 0 Å². The highest BCUT2D eigenvalue weighted by molar-refractivity contribution is 5.87. The van der Waals surface area contributed by atoms with E-state index in [0.717, 1.165) is 12.0 Å². The number of hydrogen-bond acceptors (Lipinski definition) is 3.